The van der Waals surface area contributed by atoms with Crippen molar-refractivity contribution in [2.75, 3.05) is 23.2 Å². The molecule has 168 valence electrons. The summed E-state index contributed by atoms with van der Waals surface area (Å²) in [7, 11) is -4.27. The van der Waals surface area contributed by atoms with Crippen LogP contribution >= 0.6 is 0 Å². The zero-order chi connectivity index (χ0) is 22.9. The third-order valence-corrected chi connectivity index (χ3v) is 7.05. The van der Waals surface area contributed by atoms with Gasteiger partial charge in [-0.1, -0.05) is 42.5 Å². The molecule has 0 aromatic heterocycles. The minimum Gasteiger partial charge on any atom is -0.399 e. The van der Waals surface area contributed by atoms with Crippen LogP contribution in [0.3, 0.4) is 0 Å². The molecule has 0 radical (unpaired) electrons. The molecule has 1 aliphatic rings. The summed E-state index contributed by atoms with van der Waals surface area (Å²) in [6.07, 6.45) is -0.516. The molecular weight excluding hydrogens is 431 g/mol. The van der Waals surface area contributed by atoms with Crippen molar-refractivity contribution < 1.29 is 22.3 Å². The summed E-state index contributed by atoms with van der Waals surface area (Å²) in [4.78, 5) is -0.408. The van der Waals surface area contributed by atoms with E-state index in [1.54, 1.807) is 68.4 Å². The molecule has 1 saturated heterocycles. The van der Waals surface area contributed by atoms with Crippen LogP contribution in [0.2, 0.25) is 0 Å². The average molecular weight is 457 g/mol. The van der Waals surface area contributed by atoms with Crippen LogP contribution < -0.4 is 10.0 Å². The van der Waals surface area contributed by atoms with Crippen LogP contribution in [0.1, 0.15) is 13.8 Å². The number of nitrogens with zero attached hydrogens (tertiary/aromatic N) is 1. The Morgan fingerprint density at radius 3 is 2.34 bits per heavy atom. The number of rotatable bonds is 6. The van der Waals surface area contributed by atoms with Crippen molar-refractivity contribution in [1.82, 2.24) is 0 Å². The molecule has 4 rings (SSSR count). The molecule has 3 aromatic carbocycles. The summed E-state index contributed by atoms with van der Waals surface area (Å²) < 4.78 is 55.6. The molecule has 3 aromatic rings. The van der Waals surface area contributed by atoms with Gasteiger partial charge in [0.1, 0.15) is 11.0 Å². The van der Waals surface area contributed by atoms with Crippen molar-refractivity contribution >= 4 is 21.4 Å². The van der Waals surface area contributed by atoms with E-state index >= 15 is 4.39 Å². The highest BCUT2D eigenvalue weighted by Gasteiger charge is 2.37. The fourth-order valence-electron chi connectivity index (χ4n) is 3.69. The molecule has 0 spiro atoms. The van der Waals surface area contributed by atoms with Gasteiger partial charge in [-0.05, 0) is 49.7 Å². The molecule has 1 atom stereocenters. The largest absolute Gasteiger partial charge is 0.399 e. The number of nitrogens with two attached hydrogens (primary N) is 1. The Morgan fingerprint density at radius 2 is 1.72 bits per heavy atom. The Balaban J connectivity index is 1.77. The number of hydrogen-bond donors (Lipinski definition) is 1. The SMILES string of the molecule is CC1(C)OCC(CN(c2ccc(N)cc2)S(=O)(=O)c2cccc(-c3ccccc3)c2F)O1. The average Bonchev–Trinajstić information content (AvgIpc) is 3.12. The van der Waals surface area contributed by atoms with Crippen LogP contribution in [0, 0.1) is 5.82 Å². The van der Waals surface area contributed by atoms with Gasteiger partial charge in [-0.15, -0.1) is 0 Å². The molecule has 8 heteroatoms. The summed E-state index contributed by atoms with van der Waals surface area (Å²) in [6, 6.07) is 19.6. The van der Waals surface area contributed by atoms with Gasteiger partial charge in [0.2, 0.25) is 0 Å². The van der Waals surface area contributed by atoms with Crippen molar-refractivity contribution in [1.29, 1.82) is 0 Å². The molecule has 0 saturated carbocycles. The lowest BCUT2D eigenvalue weighted by Gasteiger charge is -2.28. The molecule has 32 heavy (non-hydrogen) atoms. The standard InChI is InChI=1S/C24H25FN2O4S/c1-24(2)30-16-20(31-24)15-27(19-13-11-18(26)12-14-19)32(28,29)22-10-6-9-21(23(22)25)17-7-4-3-5-8-17/h3-14,20H,15-16,26H2,1-2H3. The van der Waals surface area contributed by atoms with Crippen molar-refractivity contribution in [2.24, 2.45) is 0 Å². The van der Waals surface area contributed by atoms with Crippen molar-refractivity contribution in [2.45, 2.75) is 30.6 Å². The second-order valence-corrected chi connectivity index (χ2v) is 9.89. The lowest BCUT2D eigenvalue weighted by Crippen LogP contribution is -2.39. The van der Waals surface area contributed by atoms with Gasteiger partial charge in [0.25, 0.3) is 10.0 Å². The normalized spacial score (nSPS) is 17.9. The lowest BCUT2D eigenvalue weighted by molar-refractivity contribution is -0.136. The monoisotopic (exact) mass is 456 g/mol. The number of benzene rings is 3. The van der Waals surface area contributed by atoms with Crippen LogP contribution in [-0.2, 0) is 19.5 Å². The van der Waals surface area contributed by atoms with E-state index in [-0.39, 0.29) is 18.7 Å². The Kier molecular flexibility index (Phi) is 5.94. The van der Waals surface area contributed by atoms with Crippen LogP contribution in [0.4, 0.5) is 15.8 Å². The summed E-state index contributed by atoms with van der Waals surface area (Å²) in [6.45, 7) is 3.71. The maximum atomic E-state index is 15.5. The minimum atomic E-state index is -4.27. The second kappa shape index (κ2) is 8.54. The molecular formula is C24H25FN2O4S. The topological polar surface area (TPSA) is 81.9 Å². The van der Waals surface area contributed by atoms with E-state index in [4.69, 9.17) is 15.2 Å². The van der Waals surface area contributed by atoms with Crippen molar-refractivity contribution in [3.8, 4) is 11.1 Å². The van der Waals surface area contributed by atoms with Gasteiger partial charge in [-0.2, -0.15) is 0 Å². The zero-order valence-corrected chi connectivity index (χ0v) is 18.7. The van der Waals surface area contributed by atoms with Gasteiger partial charge in [-0.3, -0.25) is 4.31 Å². The molecule has 6 nitrogen and oxygen atoms in total. The van der Waals surface area contributed by atoms with E-state index in [1.807, 2.05) is 6.07 Å². The smallest absolute Gasteiger partial charge is 0.267 e. The fraction of sp³-hybridized carbons (Fsp3) is 0.250. The van der Waals surface area contributed by atoms with E-state index in [9.17, 15) is 8.42 Å². The summed E-state index contributed by atoms with van der Waals surface area (Å²) >= 11 is 0. The lowest BCUT2D eigenvalue weighted by atomic mass is 10.1. The maximum Gasteiger partial charge on any atom is 0.267 e. The van der Waals surface area contributed by atoms with Crippen LogP contribution in [0.15, 0.2) is 77.7 Å². The highest BCUT2D eigenvalue weighted by Crippen LogP contribution is 2.33. The first-order valence-corrected chi connectivity index (χ1v) is 11.7. The summed E-state index contributed by atoms with van der Waals surface area (Å²) in [5.74, 6) is -1.62. The first-order chi connectivity index (χ1) is 15.2. The number of sulfonamides is 1. The van der Waals surface area contributed by atoms with Gasteiger partial charge in [0.15, 0.2) is 11.6 Å². The van der Waals surface area contributed by atoms with E-state index in [0.717, 1.165) is 4.31 Å². The third-order valence-electron chi connectivity index (χ3n) is 5.23. The van der Waals surface area contributed by atoms with Gasteiger partial charge in [0.05, 0.1) is 18.8 Å². The molecule has 1 fully saturated rings. The molecule has 2 N–H and O–H groups in total. The Morgan fingerprint density at radius 1 is 1.03 bits per heavy atom. The van der Waals surface area contributed by atoms with E-state index in [1.165, 1.54) is 12.1 Å². The number of nitrogen functional groups attached to an aromatic ring is 1. The maximum absolute atomic E-state index is 15.5. The quantitative estimate of drug-likeness (QED) is 0.555. The predicted molar refractivity (Wildman–Crippen MR) is 122 cm³/mol. The minimum absolute atomic E-state index is 0.0370. The predicted octanol–water partition coefficient (Wildman–Crippen LogP) is 4.42. The zero-order valence-electron chi connectivity index (χ0n) is 17.9. The number of ether oxygens (including phenoxy) is 2. The second-order valence-electron chi connectivity index (χ2n) is 8.06. The molecule has 1 aliphatic heterocycles. The molecule has 1 unspecified atom stereocenters. The molecule has 1 heterocycles. The van der Waals surface area contributed by atoms with Crippen molar-refractivity contribution in [3.63, 3.8) is 0 Å². The number of halogens is 1. The summed E-state index contributed by atoms with van der Waals surface area (Å²) in [5, 5.41) is 0. The van der Waals surface area contributed by atoms with Crippen molar-refractivity contribution in [3.05, 3.63) is 78.6 Å². The Hall–Kier alpha value is -2.94. The molecule has 0 amide bonds. The van der Waals surface area contributed by atoms with E-state index in [2.05, 4.69) is 0 Å². The fourth-order valence-corrected chi connectivity index (χ4v) is 5.28. The van der Waals surface area contributed by atoms with Gasteiger partial charge >= 0.3 is 0 Å². The first kappa shape index (κ1) is 22.3. The number of anilines is 2. The highest BCUT2D eigenvalue weighted by molar-refractivity contribution is 7.92. The molecule has 0 aliphatic carbocycles. The van der Waals surface area contributed by atoms with Crippen LogP contribution in [-0.4, -0.2) is 33.5 Å². The number of hydrogen-bond acceptors (Lipinski definition) is 5. The molecule has 0 bridgehead atoms. The third kappa shape index (κ3) is 4.48. The van der Waals surface area contributed by atoms with Gasteiger partial charge < -0.3 is 15.2 Å². The van der Waals surface area contributed by atoms with E-state index in [0.29, 0.717) is 16.9 Å². The summed E-state index contributed by atoms with van der Waals surface area (Å²) in [5.41, 5.74) is 7.44. The van der Waals surface area contributed by atoms with Gasteiger partial charge in [0, 0.05) is 11.3 Å². The van der Waals surface area contributed by atoms with Gasteiger partial charge in [-0.25, -0.2) is 12.8 Å². The van der Waals surface area contributed by atoms with E-state index < -0.39 is 32.6 Å². The Labute approximate surface area is 187 Å². The van der Waals surface area contributed by atoms with Crippen LogP contribution in [0.5, 0.6) is 0 Å². The highest BCUT2D eigenvalue weighted by atomic mass is 32.2. The Bertz CT molecular complexity index is 1200. The first-order valence-electron chi connectivity index (χ1n) is 10.2. The van der Waals surface area contributed by atoms with Crippen LogP contribution in [0.25, 0.3) is 11.1 Å².